The first-order chi connectivity index (χ1) is 7.93. The average Bonchev–Trinajstić information content (AvgIpc) is 2.23. The molecule has 94 valence electrons. The number of halogens is 2. The summed E-state index contributed by atoms with van der Waals surface area (Å²) in [6.45, 7) is 4.29. The third kappa shape index (κ3) is 2.34. The summed E-state index contributed by atoms with van der Waals surface area (Å²) in [4.78, 5) is 0. The maximum absolute atomic E-state index is 14.0. The molecule has 1 nitrogen and oxygen atoms in total. The lowest BCUT2D eigenvalue weighted by Crippen LogP contribution is -2.47. The fourth-order valence-corrected chi connectivity index (χ4v) is 3.07. The topological polar surface area (TPSA) is 26.0 Å². The van der Waals surface area contributed by atoms with Crippen molar-refractivity contribution in [1.29, 1.82) is 0 Å². The molecule has 2 N–H and O–H groups in total. The minimum Gasteiger partial charge on any atom is -0.321 e. The van der Waals surface area contributed by atoms with E-state index < -0.39 is 5.54 Å². The molecule has 3 atom stereocenters. The maximum Gasteiger partial charge on any atom is 0.129 e. The maximum atomic E-state index is 14.0. The van der Waals surface area contributed by atoms with Crippen LogP contribution in [0.4, 0.5) is 4.39 Å². The lowest BCUT2D eigenvalue weighted by Gasteiger charge is -2.42. The third-order valence-corrected chi connectivity index (χ3v) is 4.33. The number of hydrogen-bond donors (Lipinski definition) is 1. The zero-order valence-electron chi connectivity index (χ0n) is 10.3. The third-order valence-electron chi connectivity index (χ3n) is 4.09. The first kappa shape index (κ1) is 12.8. The van der Waals surface area contributed by atoms with E-state index >= 15 is 0 Å². The van der Waals surface area contributed by atoms with Gasteiger partial charge in [0.05, 0.1) is 0 Å². The Labute approximate surface area is 107 Å². The molecule has 0 aliphatic heterocycles. The van der Waals surface area contributed by atoms with Crippen LogP contribution in [0.25, 0.3) is 0 Å². The molecule has 3 unspecified atom stereocenters. The lowest BCUT2D eigenvalue weighted by atomic mass is 9.67. The van der Waals surface area contributed by atoms with E-state index in [-0.39, 0.29) is 5.82 Å². The highest BCUT2D eigenvalue weighted by Gasteiger charge is 2.40. The highest BCUT2D eigenvalue weighted by molar-refractivity contribution is 6.30. The van der Waals surface area contributed by atoms with Gasteiger partial charge in [0.25, 0.3) is 0 Å². The van der Waals surface area contributed by atoms with Gasteiger partial charge in [-0.25, -0.2) is 4.39 Å². The molecular formula is C14H19ClFN. The summed E-state index contributed by atoms with van der Waals surface area (Å²) in [5.74, 6) is 0.571. The van der Waals surface area contributed by atoms with E-state index in [1.54, 1.807) is 12.1 Å². The molecule has 2 rings (SSSR count). The van der Waals surface area contributed by atoms with Crippen LogP contribution in [-0.4, -0.2) is 0 Å². The van der Waals surface area contributed by atoms with Crippen molar-refractivity contribution in [2.75, 3.05) is 0 Å². The van der Waals surface area contributed by atoms with Crippen LogP contribution in [0.2, 0.25) is 5.02 Å². The van der Waals surface area contributed by atoms with Crippen molar-refractivity contribution in [3.63, 3.8) is 0 Å². The summed E-state index contributed by atoms with van der Waals surface area (Å²) in [5.41, 5.74) is 6.54. The van der Waals surface area contributed by atoms with Crippen molar-refractivity contribution in [2.24, 2.45) is 17.6 Å². The van der Waals surface area contributed by atoms with E-state index in [1.807, 2.05) is 0 Å². The first-order valence-electron chi connectivity index (χ1n) is 6.18. The molecule has 0 amide bonds. The van der Waals surface area contributed by atoms with Crippen LogP contribution in [0, 0.1) is 17.7 Å². The van der Waals surface area contributed by atoms with E-state index in [1.165, 1.54) is 12.5 Å². The van der Waals surface area contributed by atoms with Crippen LogP contribution < -0.4 is 5.73 Å². The van der Waals surface area contributed by atoms with Crippen molar-refractivity contribution in [1.82, 2.24) is 0 Å². The van der Waals surface area contributed by atoms with Crippen LogP contribution in [0.5, 0.6) is 0 Å². The van der Waals surface area contributed by atoms with Gasteiger partial charge in [0.1, 0.15) is 5.82 Å². The highest BCUT2D eigenvalue weighted by Crippen LogP contribution is 2.43. The molecule has 0 spiro atoms. The molecule has 0 heterocycles. The SMILES string of the molecule is CC1CCC(C)C(N)(c2ccc(Cl)cc2F)C1. The minimum absolute atomic E-state index is 0.277. The molecule has 1 saturated carbocycles. The summed E-state index contributed by atoms with van der Waals surface area (Å²) < 4.78 is 14.0. The van der Waals surface area contributed by atoms with Crippen LogP contribution in [-0.2, 0) is 5.54 Å². The quantitative estimate of drug-likeness (QED) is 0.804. The molecule has 1 aliphatic carbocycles. The Morgan fingerprint density at radius 2 is 2.06 bits per heavy atom. The fourth-order valence-electron chi connectivity index (χ4n) is 2.91. The second-order valence-electron chi connectivity index (χ2n) is 5.45. The molecule has 1 aromatic carbocycles. The van der Waals surface area contributed by atoms with E-state index in [0.717, 1.165) is 12.8 Å². The van der Waals surface area contributed by atoms with Crippen molar-refractivity contribution in [3.05, 3.63) is 34.6 Å². The zero-order valence-corrected chi connectivity index (χ0v) is 11.1. The van der Waals surface area contributed by atoms with E-state index in [9.17, 15) is 4.39 Å². The zero-order chi connectivity index (χ0) is 12.6. The summed E-state index contributed by atoms with van der Waals surface area (Å²) >= 11 is 5.79. The normalized spacial score (nSPS) is 33.7. The Morgan fingerprint density at radius 3 is 2.71 bits per heavy atom. The van der Waals surface area contributed by atoms with Crippen LogP contribution in [0.3, 0.4) is 0 Å². The average molecular weight is 256 g/mol. The molecule has 1 aliphatic rings. The van der Waals surface area contributed by atoms with Gasteiger partial charge < -0.3 is 5.73 Å². The van der Waals surface area contributed by atoms with Gasteiger partial charge in [0.15, 0.2) is 0 Å². The predicted octanol–water partition coefficient (Wildman–Crippen LogP) is 4.09. The summed E-state index contributed by atoms with van der Waals surface area (Å²) in [5, 5.41) is 0.423. The van der Waals surface area contributed by atoms with E-state index in [4.69, 9.17) is 17.3 Å². The van der Waals surface area contributed by atoms with Crippen molar-refractivity contribution in [2.45, 2.75) is 38.6 Å². The molecule has 17 heavy (non-hydrogen) atoms. The van der Waals surface area contributed by atoms with Gasteiger partial charge in [0, 0.05) is 16.1 Å². The Hall–Kier alpha value is -0.600. The number of rotatable bonds is 1. The fraction of sp³-hybridized carbons (Fsp3) is 0.571. The molecule has 1 aromatic rings. The van der Waals surface area contributed by atoms with Crippen molar-refractivity contribution < 1.29 is 4.39 Å². The number of nitrogens with two attached hydrogens (primary N) is 1. The summed E-state index contributed by atoms with van der Waals surface area (Å²) in [6, 6.07) is 4.82. The second kappa shape index (κ2) is 4.58. The summed E-state index contributed by atoms with van der Waals surface area (Å²) in [6.07, 6.45) is 3.07. The van der Waals surface area contributed by atoms with Crippen LogP contribution in [0.15, 0.2) is 18.2 Å². The van der Waals surface area contributed by atoms with Gasteiger partial charge in [-0.15, -0.1) is 0 Å². The molecule has 1 fully saturated rings. The minimum atomic E-state index is -0.549. The molecule has 0 bridgehead atoms. The highest BCUT2D eigenvalue weighted by atomic mass is 35.5. The van der Waals surface area contributed by atoms with Gasteiger partial charge in [-0.3, -0.25) is 0 Å². The van der Waals surface area contributed by atoms with Gasteiger partial charge in [-0.05, 0) is 36.8 Å². The van der Waals surface area contributed by atoms with Crippen LogP contribution in [0.1, 0.15) is 38.7 Å². The van der Waals surface area contributed by atoms with E-state index in [2.05, 4.69) is 13.8 Å². The standard InChI is InChI=1S/C14H19ClFN/c1-9-3-4-10(2)14(17,8-9)12-6-5-11(15)7-13(12)16/h5-7,9-10H,3-4,8,17H2,1-2H3. The Bertz CT molecular complexity index is 421. The second-order valence-corrected chi connectivity index (χ2v) is 5.89. The molecular weight excluding hydrogens is 237 g/mol. The van der Waals surface area contributed by atoms with Gasteiger partial charge in [-0.2, -0.15) is 0 Å². The Morgan fingerprint density at radius 1 is 1.35 bits per heavy atom. The largest absolute Gasteiger partial charge is 0.321 e. The number of benzene rings is 1. The smallest absolute Gasteiger partial charge is 0.129 e. The predicted molar refractivity (Wildman–Crippen MR) is 69.5 cm³/mol. The van der Waals surface area contributed by atoms with Gasteiger partial charge >= 0.3 is 0 Å². The molecule has 0 radical (unpaired) electrons. The Kier molecular flexibility index (Phi) is 3.46. The van der Waals surface area contributed by atoms with Gasteiger partial charge in [-0.1, -0.05) is 37.9 Å². The number of hydrogen-bond acceptors (Lipinski definition) is 1. The first-order valence-corrected chi connectivity index (χ1v) is 6.55. The Balaban J connectivity index is 2.42. The van der Waals surface area contributed by atoms with Crippen molar-refractivity contribution in [3.8, 4) is 0 Å². The van der Waals surface area contributed by atoms with E-state index in [0.29, 0.717) is 22.4 Å². The van der Waals surface area contributed by atoms with Crippen molar-refractivity contribution >= 4 is 11.6 Å². The van der Waals surface area contributed by atoms with Crippen LogP contribution >= 0.6 is 11.6 Å². The van der Waals surface area contributed by atoms with Gasteiger partial charge in [0.2, 0.25) is 0 Å². The molecule has 3 heteroatoms. The molecule has 0 aromatic heterocycles. The lowest BCUT2D eigenvalue weighted by molar-refractivity contribution is 0.157. The summed E-state index contributed by atoms with van der Waals surface area (Å²) in [7, 11) is 0. The monoisotopic (exact) mass is 255 g/mol. The molecule has 0 saturated heterocycles.